The number of rotatable bonds is 9. The van der Waals surface area contributed by atoms with Crippen molar-refractivity contribution < 1.29 is 27.8 Å². The summed E-state index contributed by atoms with van der Waals surface area (Å²) in [4.78, 5) is 13.9. The first-order valence-corrected chi connectivity index (χ1v) is 11.3. The lowest BCUT2D eigenvalue weighted by molar-refractivity contribution is -0.275. The zero-order valence-electron chi connectivity index (χ0n) is 17.8. The minimum Gasteiger partial charge on any atom is -0.481 e. The molecule has 0 saturated carbocycles. The van der Waals surface area contributed by atoms with Gasteiger partial charge in [-0.2, -0.15) is 0 Å². The van der Waals surface area contributed by atoms with Crippen LogP contribution in [0.25, 0.3) is 0 Å². The molecule has 3 aromatic rings. The third-order valence-electron chi connectivity index (χ3n) is 5.32. The Hall–Kier alpha value is -2.59. The highest BCUT2D eigenvalue weighted by Crippen LogP contribution is 2.37. The third kappa shape index (κ3) is 7.20. The Morgan fingerprint density at radius 3 is 2.15 bits per heavy atom. The first-order valence-electron chi connectivity index (χ1n) is 10.3. The van der Waals surface area contributed by atoms with Crippen LogP contribution in [0.1, 0.15) is 42.1 Å². The van der Waals surface area contributed by atoms with E-state index in [0.29, 0.717) is 12.1 Å². The molecule has 1 N–H and O–H groups in total. The average molecular weight is 569 g/mol. The molecule has 0 bridgehead atoms. The molecule has 3 aromatic carbocycles. The van der Waals surface area contributed by atoms with E-state index in [1.807, 2.05) is 67.6 Å². The van der Waals surface area contributed by atoms with Crippen LogP contribution >= 0.6 is 22.6 Å². The summed E-state index contributed by atoms with van der Waals surface area (Å²) in [5.41, 5.74) is 2.62. The summed E-state index contributed by atoms with van der Waals surface area (Å²) in [6.07, 6.45) is -5.01. The molecule has 0 aliphatic rings. The summed E-state index contributed by atoms with van der Waals surface area (Å²) in [6.45, 7) is 2.46. The maximum Gasteiger partial charge on any atom is 0.573 e. The fourth-order valence-electron chi connectivity index (χ4n) is 3.76. The van der Waals surface area contributed by atoms with Crippen LogP contribution in [-0.2, 0) is 11.3 Å². The van der Waals surface area contributed by atoms with Gasteiger partial charge in [-0.25, -0.2) is 0 Å². The zero-order valence-corrected chi connectivity index (χ0v) is 20.0. The van der Waals surface area contributed by atoms with Crippen molar-refractivity contribution in [1.29, 1.82) is 0 Å². The van der Waals surface area contributed by atoms with Crippen LogP contribution in [-0.4, -0.2) is 22.3 Å². The molecule has 174 valence electrons. The van der Waals surface area contributed by atoms with Gasteiger partial charge in [0.15, 0.2) is 0 Å². The lowest BCUT2D eigenvalue weighted by Crippen LogP contribution is -2.33. The second-order valence-corrected chi connectivity index (χ2v) is 8.76. The monoisotopic (exact) mass is 569 g/mol. The van der Waals surface area contributed by atoms with E-state index < -0.39 is 18.4 Å². The zero-order chi connectivity index (χ0) is 24.0. The lowest BCUT2D eigenvalue weighted by atomic mass is 9.96. The normalized spacial score (nSPS) is 13.5. The highest BCUT2D eigenvalue weighted by atomic mass is 127. The minimum atomic E-state index is -4.80. The summed E-state index contributed by atoms with van der Waals surface area (Å²) in [5.74, 6) is -1.31. The van der Waals surface area contributed by atoms with Crippen molar-refractivity contribution in [1.82, 2.24) is 4.90 Å². The van der Waals surface area contributed by atoms with Crippen LogP contribution in [0.3, 0.4) is 0 Å². The summed E-state index contributed by atoms with van der Waals surface area (Å²) >= 11 is 1.78. The molecule has 0 aliphatic heterocycles. The van der Waals surface area contributed by atoms with Crippen LogP contribution in [0.15, 0.2) is 78.9 Å². The number of carbonyl (C=O) groups is 1. The Kier molecular flexibility index (Phi) is 8.36. The van der Waals surface area contributed by atoms with Crippen molar-refractivity contribution in [3.63, 3.8) is 0 Å². The van der Waals surface area contributed by atoms with Crippen LogP contribution in [0, 0.1) is 3.57 Å². The predicted molar refractivity (Wildman–Crippen MR) is 128 cm³/mol. The fourth-order valence-corrected chi connectivity index (χ4v) is 4.41. The van der Waals surface area contributed by atoms with Gasteiger partial charge in [0.2, 0.25) is 0 Å². The van der Waals surface area contributed by atoms with E-state index in [1.54, 1.807) is 28.7 Å². The van der Waals surface area contributed by atoms with E-state index in [2.05, 4.69) is 9.64 Å². The molecular weight excluding hydrogens is 546 g/mol. The highest BCUT2D eigenvalue weighted by Gasteiger charge is 2.33. The molecule has 8 heteroatoms. The van der Waals surface area contributed by atoms with Gasteiger partial charge in [-0.15, -0.1) is 13.2 Å². The number of carboxylic acid groups (broad SMARTS) is 1. The highest BCUT2D eigenvalue weighted by molar-refractivity contribution is 14.1. The number of aliphatic carboxylic acids is 1. The maximum absolute atomic E-state index is 12.7. The number of ether oxygens (including phenoxy) is 1. The topological polar surface area (TPSA) is 49.8 Å². The number of hydrogen-bond acceptors (Lipinski definition) is 3. The standard InChI is InChI=1S/C25H23F3INO3/c1-17(19-10-6-3-7-11-19)30(16-18-8-4-2-5-9-18)22(15-24(31)32)20-12-13-23(21(29)14-20)33-25(26,27)28/h2-14,17,22H,15-16H2,1H3,(H,31,32). The maximum atomic E-state index is 12.7. The van der Waals surface area contributed by atoms with E-state index >= 15 is 0 Å². The van der Waals surface area contributed by atoms with Crippen LogP contribution in [0.2, 0.25) is 0 Å². The Morgan fingerprint density at radius 1 is 1.00 bits per heavy atom. The number of alkyl halides is 3. The Morgan fingerprint density at radius 2 is 1.61 bits per heavy atom. The molecule has 0 aromatic heterocycles. The van der Waals surface area contributed by atoms with Gasteiger partial charge in [0.1, 0.15) is 5.75 Å². The van der Waals surface area contributed by atoms with Crippen molar-refractivity contribution in [3.8, 4) is 5.75 Å². The third-order valence-corrected chi connectivity index (χ3v) is 6.17. The molecule has 0 saturated heterocycles. The molecule has 3 rings (SSSR count). The smallest absolute Gasteiger partial charge is 0.481 e. The molecule has 2 unspecified atom stereocenters. The van der Waals surface area contributed by atoms with Gasteiger partial charge in [0.05, 0.1) is 9.99 Å². The van der Waals surface area contributed by atoms with E-state index in [4.69, 9.17) is 0 Å². The summed E-state index contributed by atoms with van der Waals surface area (Å²) in [5, 5.41) is 9.69. The number of hydrogen-bond donors (Lipinski definition) is 1. The predicted octanol–water partition coefficient (Wildman–Crippen LogP) is 6.97. The molecule has 2 atom stereocenters. The SMILES string of the molecule is CC(c1ccccc1)N(Cc1ccccc1)C(CC(=O)O)c1ccc(OC(F)(F)F)c(I)c1. The van der Waals surface area contributed by atoms with Gasteiger partial charge >= 0.3 is 12.3 Å². The minimum absolute atomic E-state index is 0.153. The van der Waals surface area contributed by atoms with Gasteiger partial charge in [-0.1, -0.05) is 66.7 Å². The number of halogens is 4. The van der Waals surface area contributed by atoms with Crippen LogP contribution < -0.4 is 4.74 Å². The quantitative estimate of drug-likeness (QED) is 0.283. The van der Waals surface area contributed by atoms with Gasteiger partial charge in [-0.05, 0) is 58.3 Å². The first kappa shape index (κ1) is 25.0. The van der Waals surface area contributed by atoms with Crippen molar-refractivity contribution in [2.24, 2.45) is 0 Å². The summed E-state index contributed by atoms with van der Waals surface area (Å²) in [7, 11) is 0. The average Bonchev–Trinajstić information content (AvgIpc) is 2.77. The number of carboxylic acids is 1. The molecule has 0 aliphatic carbocycles. The molecule has 0 radical (unpaired) electrons. The Labute approximate surface area is 204 Å². The van der Waals surface area contributed by atoms with Gasteiger partial charge in [-0.3, -0.25) is 9.69 Å². The van der Waals surface area contributed by atoms with Crippen molar-refractivity contribution in [2.75, 3.05) is 0 Å². The van der Waals surface area contributed by atoms with E-state index in [-0.39, 0.29) is 21.8 Å². The summed E-state index contributed by atoms with van der Waals surface area (Å²) in [6, 6.07) is 23.0. The molecule has 0 fully saturated rings. The first-order chi connectivity index (χ1) is 15.6. The Bertz CT molecular complexity index is 1060. The second kappa shape index (κ2) is 11.0. The van der Waals surface area contributed by atoms with Crippen molar-refractivity contribution in [3.05, 3.63) is 99.1 Å². The molecule has 0 amide bonds. The van der Waals surface area contributed by atoms with Crippen LogP contribution in [0.5, 0.6) is 5.75 Å². The van der Waals surface area contributed by atoms with Crippen molar-refractivity contribution in [2.45, 2.75) is 38.3 Å². The van der Waals surface area contributed by atoms with Gasteiger partial charge < -0.3 is 9.84 Å². The van der Waals surface area contributed by atoms with E-state index in [1.165, 1.54) is 12.1 Å². The van der Waals surface area contributed by atoms with E-state index in [0.717, 1.165) is 11.1 Å². The molecule has 0 spiro atoms. The van der Waals surface area contributed by atoms with Crippen LogP contribution in [0.4, 0.5) is 13.2 Å². The molecule has 33 heavy (non-hydrogen) atoms. The van der Waals surface area contributed by atoms with Gasteiger partial charge in [0, 0.05) is 18.6 Å². The largest absolute Gasteiger partial charge is 0.573 e. The second-order valence-electron chi connectivity index (χ2n) is 7.60. The Balaban J connectivity index is 2.04. The lowest BCUT2D eigenvalue weighted by Gasteiger charge is -2.37. The number of benzene rings is 3. The van der Waals surface area contributed by atoms with Crippen molar-refractivity contribution >= 4 is 28.6 Å². The molecular formula is C25H23F3INO3. The summed E-state index contributed by atoms with van der Waals surface area (Å²) < 4.78 is 42.5. The van der Waals surface area contributed by atoms with E-state index in [9.17, 15) is 23.1 Å². The molecule has 0 heterocycles. The fraction of sp³-hybridized carbons (Fsp3) is 0.240. The number of nitrogens with zero attached hydrogens (tertiary/aromatic N) is 1. The molecule has 4 nitrogen and oxygen atoms in total. The van der Waals surface area contributed by atoms with Gasteiger partial charge in [0.25, 0.3) is 0 Å².